The number of ketones is 1. The number of phenols is 1. The first-order valence-corrected chi connectivity index (χ1v) is 6.32. The van der Waals surface area contributed by atoms with E-state index in [0.29, 0.717) is 10.0 Å². The molecule has 4 heteroatoms. The van der Waals surface area contributed by atoms with Crippen LogP contribution in [0.15, 0.2) is 53.0 Å². The van der Waals surface area contributed by atoms with Crippen LogP contribution in [0.25, 0.3) is 6.08 Å². The Labute approximate surface area is 118 Å². The van der Waals surface area contributed by atoms with E-state index in [1.165, 1.54) is 36.4 Å². The lowest BCUT2D eigenvalue weighted by atomic mass is 10.1. The van der Waals surface area contributed by atoms with E-state index in [-0.39, 0.29) is 17.3 Å². The number of halogens is 2. The Morgan fingerprint density at radius 3 is 2.47 bits per heavy atom. The molecule has 1 N–H and O–H groups in total. The van der Waals surface area contributed by atoms with Gasteiger partial charge in [0.1, 0.15) is 11.6 Å². The molecule has 0 aliphatic heterocycles. The molecule has 0 heterocycles. The van der Waals surface area contributed by atoms with E-state index >= 15 is 0 Å². The van der Waals surface area contributed by atoms with Crippen molar-refractivity contribution in [1.29, 1.82) is 0 Å². The zero-order valence-electron chi connectivity index (χ0n) is 9.81. The van der Waals surface area contributed by atoms with Gasteiger partial charge in [0.05, 0.1) is 4.47 Å². The van der Waals surface area contributed by atoms with E-state index in [0.717, 1.165) is 5.56 Å². The zero-order valence-corrected chi connectivity index (χ0v) is 11.4. The van der Waals surface area contributed by atoms with Gasteiger partial charge in [-0.15, -0.1) is 0 Å². The highest BCUT2D eigenvalue weighted by atomic mass is 79.9. The van der Waals surface area contributed by atoms with Crippen LogP contribution in [0.3, 0.4) is 0 Å². The lowest BCUT2D eigenvalue weighted by Gasteiger charge is -1.98. The SMILES string of the molecule is O=C(/C=C/c1ccc(O)c(Br)c1)c1ccc(F)cc1. The first-order valence-electron chi connectivity index (χ1n) is 5.53. The second-order valence-electron chi connectivity index (χ2n) is 3.92. The summed E-state index contributed by atoms with van der Waals surface area (Å²) < 4.78 is 13.3. The van der Waals surface area contributed by atoms with Gasteiger partial charge in [-0.3, -0.25) is 4.79 Å². The maximum atomic E-state index is 12.7. The van der Waals surface area contributed by atoms with E-state index in [1.54, 1.807) is 18.2 Å². The van der Waals surface area contributed by atoms with Gasteiger partial charge in [-0.1, -0.05) is 12.1 Å². The number of hydrogen-bond acceptors (Lipinski definition) is 2. The summed E-state index contributed by atoms with van der Waals surface area (Å²) in [5.41, 5.74) is 1.20. The minimum absolute atomic E-state index is 0.141. The number of allylic oxidation sites excluding steroid dienone is 1. The van der Waals surface area contributed by atoms with Crippen molar-refractivity contribution in [3.63, 3.8) is 0 Å². The highest BCUT2D eigenvalue weighted by molar-refractivity contribution is 9.10. The molecule has 0 saturated heterocycles. The summed E-state index contributed by atoms with van der Waals surface area (Å²) in [7, 11) is 0. The van der Waals surface area contributed by atoms with Gasteiger partial charge in [0.25, 0.3) is 0 Å². The minimum atomic E-state index is -0.372. The van der Waals surface area contributed by atoms with Crippen molar-refractivity contribution in [3.8, 4) is 5.75 Å². The number of carbonyl (C=O) groups is 1. The van der Waals surface area contributed by atoms with E-state index < -0.39 is 0 Å². The number of hydrogen-bond donors (Lipinski definition) is 1. The minimum Gasteiger partial charge on any atom is -0.507 e. The lowest BCUT2D eigenvalue weighted by Crippen LogP contribution is -1.93. The Bertz CT molecular complexity index is 633. The topological polar surface area (TPSA) is 37.3 Å². The molecule has 0 saturated carbocycles. The van der Waals surface area contributed by atoms with Gasteiger partial charge in [0.2, 0.25) is 0 Å². The third-order valence-corrected chi connectivity index (χ3v) is 3.16. The van der Waals surface area contributed by atoms with Crippen LogP contribution in [0, 0.1) is 5.82 Å². The van der Waals surface area contributed by atoms with Crippen molar-refractivity contribution in [1.82, 2.24) is 0 Å². The van der Waals surface area contributed by atoms with E-state index in [4.69, 9.17) is 0 Å². The van der Waals surface area contributed by atoms with Crippen LogP contribution in [0.4, 0.5) is 4.39 Å². The second kappa shape index (κ2) is 5.80. The van der Waals surface area contributed by atoms with Gasteiger partial charge in [-0.2, -0.15) is 0 Å². The van der Waals surface area contributed by atoms with Gasteiger partial charge in [-0.05, 0) is 64.0 Å². The molecule has 2 aromatic rings. The van der Waals surface area contributed by atoms with Crippen LogP contribution in [-0.2, 0) is 0 Å². The molecule has 0 radical (unpaired) electrons. The highest BCUT2D eigenvalue weighted by Crippen LogP contribution is 2.24. The summed E-state index contributed by atoms with van der Waals surface area (Å²) in [6.07, 6.45) is 3.04. The molecule has 0 aliphatic carbocycles. The fourth-order valence-corrected chi connectivity index (χ4v) is 1.91. The Balaban J connectivity index is 2.15. The smallest absolute Gasteiger partial charge is 0.185 e. The molecule has 0 amide bonds. The number of benzene rings is 2. The van der Waals surface area contributed by atoms with Crippen molar-refractivity contribution in [2.75, 3.05) is 0 Å². The average molecular weight is 321 g/mol. The highest BCUT2D eigenvalue weighted by Gasteiger charge is 2.02. The molecule has 2 nitrogen and oxygen atoms in total. The molecule has 0 spiro atoms. The molecular formula is C15H10BrFO2. The summed E-state index contributed by atoms with van der Waals surface area (Å²) in [4.78, 5) is 11.8. The molecular weight excluding hydrogens is 311 g/mol. The summed E-state index contributed by atoms with van der Waals surface area (Å²) in [5.74, 6) is -0.436. The van der Waals surface area contributed by atoms with Crippen molar-refractivity contribution in [3.05, 3.63) is 70.0 Å². The number of phenolic OH excluding ortho intramolecular Hbond substituents is 1. The predicted molar refractivity (Wildman–Crippen MR) is 75.6 cm³/mol. The molecule has 0 atom stereocenters. The third-order valence-electron chi connectivity index (χ3n) is 2.53. The predicted octanol–water partition coefficient (Wildman–Crippen LogP) is 4.19. The second-order valence-corrected chi connectivity index (χ2v) is 4.77. The van der Waals surface area contributed by atoms with E-state index in [9.17, 15) is 14.3 Å². The molecule has 96 valence electrons. The van der Waals surface area contributed by atoms with Crippen LogP contribution in [0.2, 0.25) is 0 Å². The Kier molecular flexibility index (Phi) is 4.12. The average Bonchev–Trinajstić information content (AvgIpc) is 2.40. The maximum absolute atomic E-state index is 12.7. The van der Waals surface area contributed by atoms with Crippen molar-refractivity contribution >= 4 is 27.8 Å². The van der Waals surface area contributed by atoms with Gasteiger partial charge in [0.15, 0.2) is 5.78 Å². The Morgan fingerprint density at radius 2 is 1.84 bits per heavy atom. The van der Waals surface area contributed by atoms with Crippen molar-refractivity contribution in [2.45, 2.75) is 0 Å². The standard InChI is InChI=1S/C15H10BrFO2/c16-13-9-10(2-8-15(13)19)1-7-14(18)11-3-5-12(17)6-4-11/h1-9,19H/b7-1+. The fraction of sp³-hybridized carbons (Fsp3) is 0. The lowest BCUT2D eigenvalue weighted by molar-refractivity contribution is 0.104. The third kappa shape index (κ3) is 3.51. The monoisotopic (exact) mass is 320 g/mol. The molecule has 0 aliphatic rings. The quantitative estimate of drug-likeness (QED) is 0.680. The van der Waals surface area contributed by atoms with Gasteiger partial charge >= 0.3 is 0 Å². The van der Waals surface area contributed by atoms with E-state index in [1.807, 2.05) is 0 Å². The molecule has 0 bridgehead atoms. The molecule has 0 aromatic heterocycles. The summed E-state index contributed by atoms with van der Waals surface area (Å²) in [6.45, 7) is 0. The first-order chi connectivity index (χ1) is 9.06. The normalized spacial score (nSPS) is 10.8. The number of rotatable bonds is 3. The summed E-state index contributed by atoms with van der Waals surface area (Å²) in [6, 6.07) is 10.3. The van der Waals surface area contributed by atoms with Crippen LogP contribution in [0.1, 0.15) is 15.9 Å². The van der Waals surface area contributed by atoms with Crippen molar-refractivity contribution < 1.29 is 14.3 Å². The molecule has 2 aromatic carbocycles. The molecule has 2 rings (SSSR count). The van der Waals surface area contributed by atoms with Crippen molar-refractivity contribution in [2.24, 2.45) is 0 Å². The first kappa shape index (κ1) is 13.5. The largest absolute Gasteiger partial charge is 0.507 e. The molecule has 0 unspecified atom stereocenters. The van der Waals surface area contributed by atoms with Gasteiger partial charge in [0, 0.05) is 5.56 Å². The van der Waals surface area contributed by atoms with Gasteiger partial charge in [-0.25, -0.2) is 4.39 Å². The fourth-order valence-electron chi connectivity index (χ4n) is 1.51. The zero-order chi connectivity index (χ0) is 13.8. The van der Waals surface area contributed by atoms with Crippen LogP contribution in [0.5, 0.6) is 5.75 Å². The summed E-state index contributed by atoms with van der Waals surface area (Å²) in [5, 5.41) is 9.35. The van der Waals surface area contributed by atoms with Crippen LogP contribution in [-0.4, -0.2) is 10.9 Å². The number of aromatic hydroxyl groups is 1. The van der Waals surface area contributed by atoms with Crippen LogP contribution < -0.4 is 0 Å². The Hall–Kier alpha value is -1.94. The van der Waals surface area contributed by atoms with Crippen LogP contribution >= 0.6 is 15.9 Å². The van der Waals surface area contributed by atoms with E-state index in [2.05, 4.69) is 15.9 Å². The Morgan fingerprint density at radius 1 is 1.16 bits per heavy atom. The maximum Gasteiger partial charge on any atom is 0.185 e. The summed E-state index contributed by atoms with van der Waals surface area (Å²) >= 11 is 3.20. The molecule has 0 fully saturated rings. The molecule has 19 heavy (non-hydrogen) atoms. The number of carbonyl (C=O) groups excluding carboxylic acids is 1. The van der Waals surface area contributed by atoms with Gasteiger partial charge < -0.3 is 5.11 Å².